The first-order chi connectivity index (χ1) is 19.1. The summed E-state index contributed by atoms with van der Waals surface area (Å²) in [6.07, 6.45) is -6.74. The predicted molar refractivity (Wildman–Crippen MR) is 139 cm³/mol. The van der Waals surface area contributed by atoms with Crippen LogP contribution in [0.5, 0.6) is 0 Å². The fourth-order valence-electron chi connectivity index (χ4n) is 6.44. The molecule has 1 fully saturated rings. The smallest absolute Gasteiger partial charge is 0.341 e. The lowest BCUT2D eigenvalue weighted by molar-refractivity contribution is -0.265. The molecule has 14 heteroatoms. The SMILES string of the molecule is CC(=O)O[C@@H]1[C@H](O)[C@@H](OC(C)=O)C(C)=C[C@@H]2OC(=O)[C@@](C)(O)[C@@]2(O)[C@@H](OC(C)=O)[C@H]2[C@](C)(O)[C@H](OC(C)=O)C=C[C@]12C. The van der Waals surface area contributed by atoms with Gasteiger partial charge in [-0.3, -0.25) is 19.2 Å². The lowest BCUT2D eigenvalue weighted by Gasteiger charge is -2.57. The zero-order valence-electron chi connectivity index (χ0n) is 24.6. The third-order valence-corrected chi connectivity index (χ3v) is 8.36. The van der Waals surface area contributed by atoms with E-state index in [0.717, 1.165) is 40.7 Å². The number of fused-ring (bicyclic) bond motifs is 2. The van der Waals surface area contributed by atoms with Crippen molar-refractivity contribution in [3.8, 4) is 0 Å². The van der Waals surface area contributed by atoms with Gasteiger partial charge in [0, 0.05) is 39.0 Å². The van der Waals surface area contributed by atoms with Crippen LogP contribution in [0.25, 0.3) is 0 Å². The Balaban J connectivity index is 2.53. The molecular weight excluding hydrogens is 560 g/mol. The molecular formula is C28H38O14. The highest BCUT2D eigenvalue weighted by molar-refractivity contribution is 5.84. The Hall–Kier alpha value is -3.33. The normalized spacial score (nSPS) is 43.1. The highest BCUT2D eigenvalue weighted by Crippen LogP contribution is 2.56. The van der Waals surface area contributed by atoms with E-state index < -0.39 is 94.6 Å². The van der Waals surface area contributed by atoms with Crippen molar-refractivity contribution < 1.29 is 68.1 Å². The van der Waals surface area contributed by atoms with Crippen molar-refractivity contribution in [2.24, 2.45) is 11.3 Å². The molecule has 0 aromatic heterocycles. The van der Waals surface area contributed by atoms with Gasteiger partial charge in [0.05, 0.1) is 0 Å². The molecule has 234 valence electrons. The van der Waals surface area contributed by atoms with Crippen molar-refractivity contribution in [2.75, 3.05) is 0 Å². The third-order valence-electron chi connectivity index (χ3n) is 8.36. The van der Waals surface area contributed by atoms with Gasteiger partial charge in [0.15, 0.2) is 23.4 Å². The van der Waals surface area contributed by atoms with Gasteiger partial charge in [-0.25, -0.2) is 4.79 Å². The first kappa shape index (κ1) is 33.2. The zero-order valence-corrected chi connectivity index (χ0v) is 24.6. The monoisotopic (exact) mass is 598 g/mol. The van der Waals surface area contributed by atoms with Gasteiger partial charge in [0.1, 0.15) is 30.0 Å². The number of aliphatic hydroxyl groups excluding tert-OH is 1. The van der Waals surface area contributed by atoms with Crippen LogP contribution in [0.3, 0.4) is 0 Å². The van der Waals surface area contributed by atoms with Crippen LogP contribution in [0.15, 0.2) is 23.8 Å². The first-order valence-corrected chi connectivity index (χ1v) is 13.2. The molecule has 0 saturated carbocycles. The quantitative estimate of drug-likeness (QED) is 0.181. The number of hydrogen-bond donors (Lipinski definition) is 4. The molecule has 3 rings (SSSR count). The zero-order chi connectivity index (χ0) is 32.2. The summed E-state index contributed by atoms with van der Waals surface area (Å²) in [5.41, 5.74) is -9.80. The summed E-state index contributed by atoms with van der Waals surface area (Å²) in [7, 11) is 0. The molecule has 0 spiro atoms. The summed E-state index contributed by atoms with van der Waals surface area (Å²) in [5.74, 6) is -6.62. The van der Waals surface area contributed by atoms with Crippen LogP contribution in [0.4, 0.5) is 0 Å². The molecule has 1 saturated heterocycles. The molecule has 11 atom stereocenters. The second kappa shape index (κ2) is 11.1. The maximum absolute atomic E-state index is 13.0. The lowest BCUT2D eigenvalue weighted by Crippen LogP contribution is -2.74. The second-order valence-corrected chi connectivity index (χ2v) is 11.7. The summed E-state index contributed by atoms with van der Waals surface area (Å²) >= 11 is 0. The van der Waals surface area contributed by atoms with Gasteiger partial charge in [-0.2, -0.15) is 0 Å². The molecule has 42 heavy (non-hydrogen) atoms. The Morgan fingerprint density at radius 2 is 1.33 bits per heavy atom. The van der Waals surface area contributed by atoms with E-state index in [2.05, 4.69) is 0 Å². The Morgan fingerprint density at radius 3 is 1.83 bits per heavy atom. The summed E-state index contributed by atoms with van der Waals surface area (Å²) < 4.78 is 27.3. The van der Waals surface area contributed by atoms with E-state index in [9.17, 15) is 44.4 Å². The van der Waals surface area contributed by atoms with Gasteiger partial charge in [-0.15, -0.1) is 0 Å². The van der Waals surface area contributed by atoms with Crippen LogP contribution in [0.2, 0.25) is 0 Å². The van der Waals surface area contributed by atoms with E-state index in [4.69, 9.17) is 23.7 Å². The van der Waals surface area contributed by atoms with Gasteiger partial charge >= 0.3 is 29.8 Å². The number of rotatable bonds is 4. The molecule has 0 aromatic rings. The molecule has 0 bridgehead atoms. The second-order valence-electron chi connectivity index (χ2n) is 11.7. The van der Waals surface area contributed by atoms with Crippen LogP contribution >= 0.6 is 0 Å². The molecule has 3 aliphatic rings. The van der Waals surface area contributed by atoms with Crippen LogP contribution < -0.4 is 0 Å². The number of esters is 5. The Kier molecular flexibility index (Phi) is 8.74. The lowest BCUT2D eigenvalue weighted by atomic mass is 9.53. The van der Waals surface area contributed by atoms with E-state index >= 15 is 0 Å². The van der Waals surface area contributed by atoms with Gasteiger partial charge in [-0.05, 0) is 38.5 Å². The minimum absolute atomic E-state index is 0.0109. The van der Waals surface area contributed by atoms with Crippen LogP contribution in [-0.4, -0.2) is 104 Å². The van der Waals surface area contributed by atoms with Gasteiger partial charge in [0.25, 0.3) is 0 Å². The highest BCUT2D eigenvalue weighted by atomic mass is 16.6. The highest BCUT2D eigenvalue weighted by Gasteiger charge is 2.75. The van der Waals surface area contributed by atoms with Gasteiger partial charge < -0.3 is 44.1 Å². The fourth-order valence-corrected chi connectivity index (χ4v) is 6.44. The third kappa shape index (κ3) is 5.32. The Labute approximate surface area is 242 Å². The molecule has 1 aliphatic heterocycles. The Morgan fingerprint density at radius 1 is 0.833 bits per heavy atom. The maximum atomic E-state index is 13.0. The average molecular weight is 599 g/mol. The largest absolute Gasteiger partial charge is 0.459 e. The number of hydrogen-bond acceptors (Lipinski definition) is 14. The minimum Gasteiger partial charge on any atom is -0.459 e. The molecule has 0 radical (unpaired) electrons. The summed E-state index contributed by atoms with van der Waals surface area (Å²) in [6, 6.07) is 0. The van der Waals surface area contributed by atoms with E-state index in [1.165, 1.54) is 32.9 Å². The fraction of sp³-hybridized carbons (Fsp3) is 0.679. The number of ether oxygens (including phenoxy) is 5. The number of carbonyl (C=O) groups is 5. The summed E-state index contributed by atoms with van der Waals surface area (Å²) in [5, 5.41) is 47.6. The topological polar surface area (TPSA) is 212 Å². The molecule has 14 nitrogen and oxygen atoms in total. The van der Waals surface area contributed by atoms with Crippen molar-refractivity contribution >= 4 is 29.8 Å². The average Bonchev–Trinajstić information content (AvgIpc) is 3.00. The summed E-state index contributed by atoms with van der Waals surface area (Å²) in [6.45, 7) is 9.03. The van der Waals surface area contributed by atoms with E-state index in [-0.39, 0.29) is 5.57 Å². The van der Waals surface area contributed by atoms with Gasteiger partial charge in [0.2, 0.25) is 0 Å². The van der Waals surface area contributed by atoms with Crippen molar-refractivity contribution in [1.82, 2.24) is 0 Å². The molecule has 1 heterocycles. The maximum Gasteiger partial charge on any atom is 0.341 e. The molecule has 0 amide bonds. The van der Waals surface area contributed by atoms with E-state index in [0.29, 0.717) is 0 Å². The van der Waals surface area contributed by atoms with E-state index in [1.54, 1.807) is 0 Å². The standard InChI is InChI=1S/C28H38O14/c1-12-11-18-28(37,27(8,36)24(34)42-18)23(41-16(5)32)21-25(6,10-9-17(26(21,7)35)38-13(2)29)22(40-15(4)31)19(33)20(12)39-14(3)30/h9-11,17-23,33,35-37H,1-8H3/t17-,18+,19-,20+,21-,22-,23+,25+,26-,27-,28+/m1/s1. The van der Waals surface area contributed by atoms with Crippen LogP contribution in [0, 0.1) is 11.3 Å². The molecule has 0 aromatic carbocycles. The van der Waals surface area contributed by atoms with Crippen molar-refractivity contribution in [3.05, 3.63) is 23.8 Å². The molecule has 2 aliphatic carbocycles. The van der Waals surface area contributed by atoms with Crippen LogP contribution in [0.1, 0.15) is 55.4 Å². The Bertz CT molecular complexity index is 1220. The van der Waals surface area contributed by atoms with Crippen molar-refractivity contribution in [3.63, 3.8) is 0 Å². The van der Waals surface area contributed by atoms with Crippen LogP contribution in [-0.2, 0) is 47.7 Å². The van der Waals surface area contributed by atoms with E-state index in [1.807, 2.05) is 0 Å². The molecule has 0 unspecified atom stereocenters. The minimum atomic E-state index is -2.86. The first-order valence-electron chi connectivity index (χ1n) is 13.2. The predicted octanol–water partition coefficient (Wildman–Crippen LogP) is -0.615. The molecule has 4 N–H and O–H groups in total. The van der Waals surface area contributed by atoms with Gasteiger partial charge in [-0.1, -0.05) is 13.0 Å². The number of carbonyl (C=O) groups excluding carboxylic acids is 5. The summed E-state index contributed by atoms with van der Waals surface area (Å²) in [4.78, 5) is 62.1. The number of aliphatic hydroxyl groups is 4. The van der Waals surface area contributed by atoms with Crippen molar-refractivity contribution in [2.45, 2.75) is 109 Å². The van der Waals surface area contributed by atoms with Crippen molar-refractivity contribution in [1.29, 1.82) is 0 Å².